The molecule has 46 heavy (non-hydrogen) atoms. The number of nitrogens with zero attached hydrogens (tertiary/aromatic N) is 1. The van der Waals surface area contributed by atoms with Crippen LogP contribution in [0, 0.1) is 18.3 Å². The summed E-state index contributed by atoms with van der Waals surface area (Å²) in [6, 6.07) is 24.6. The Bertz CT molecular complexity index is 1790. The van der Waals surface area contributed by atoms with Crippen LogP contribution in [0.15, 0.2) is 91.0 Å². The third-order valence-electron chi connectivity index (χ3n) is 8.00. The van der Waals surface area contributed by atoms with Gasteiger partial charge < -0.3 is 25.4 Å². The number of carbonyl (C=O) groups is 3. The number of aromatic hydroxyl groups is 1. The number of hydrogen-bond acceptors (Lipinski definition) is 5. The third kappa shape index (κ3) is 7.67. The number of alkyl carbamates (subject to hydrolysis) is 1. The number of phenolic OH excluding ortho intramolecular Hbond substituents is 1. The van der Waals surface area contributed by atoms with Gasteiger partial charge in [0.15, 0.2) is 0 Å². The maximum absolute atomic E-state index is 14.8. The van der Waals surface area contributed by atoms with Crippen LogP contribution in [0.1, 0.15) is 56.8 Å². The van der Waals surface area contributed by atoms with Gasteiger partial charge in [-0.15, -0.1) is 6.42 Å². The summed E-state index contributed by atoms with van der Waals surface area (Å²) in [5.41, 5.74) is 1.49. The standard InChI is InChI=1S/C38H39N3O5/c1-6-26-11-9-10-14-31(26)34(35(43)39-29-18-17-27-12-7-8-13-28(27)23-29)41(33-21-24(33)2)36(44)32(40-37(45)46-38(3,4)5)22-25-15-19-30(42)20-16-25/h1,7-20,23-24,32-34,42H,21-22H2,2-5H3,(H,39,43)(H,40,45). The normalized spacial score (nSPS) is 16.8. The number of fused-ring (bicyclic) bond motifs is 1. The molecular formula is C38H39N3O5. The molecule has 4 atom stereocenters. The number of terminal acetylenes is 1. The number of ether oxygens (including phenoxy) is 1. The molecule has 1 aliphatic rings. The molecule has 236 valence electrons. The fourth-order valence-corrected chi connectivity index (χ4v) is 5.63. The first kappa shape index (κ1) is 32.1. The van der Waals surface area contributed by atoms with Crippen LogP contribution < -0.4 is 10.6 Å². The van der Waals surface area contributed by atoms with E-state index in [0.717, 1.165) is 10.8 Å². The van der Waals surface area contributed by atoms with Crippen LogP contribution in [0.25, 0.3) is 10.8 Å². The van der Waals surface area contributed by atoms with E-state index in [4.69, 9.17) is 11.2 Å². The highest BCUT2D eigenvalue weighted by Crippen LogP contribution is 2.42. The third-order valence-corrected chi connectivity index (χ3v) is 8.00. The quantitative estimate of drug-likeness (QED) is 0.184. The molecular weight excluding hydrogens is 578 g/mol. The molecule has 0 heterocycles. The first-order valence-corrected chi connectivity index (χ1v) is 15.4. The lowest BCUT2D eigenvalue weighted by atomic mass is 9.96. The SMILES string of the molecule is C#Cc1ccccc1C(C(=O)Nc1ccc2ccccc2c1)N(C(=O)C(Cc1ccc(O)cc1)NC(=O)OC(C)(C)C)C1CC1C. The molecule has 0 bridgehead atoms. The van der Waals surface area contributed by atoms with Crippen molar-refractivity contribution in [1.82, 2.24) is 10.2 Å². The van der Waals surface area contributed by atoms with Crippen LogP contribution in [0.2, 0.25) is 0 Å². The lowest BCUT2D eigenvalue weighted by molar-refractivity contribution is -0.141. The number of anilines is 1. The van der Waals surface area contributed by atoms with Gasteiger partial charge in [-0.2, -0.15) is 0 Å². The number of rotatable bonds is 9. The summed E-state index contributed by atoms with van der Waals surface area (Å²) in [7, 11) is 0. The number of benzene rings is 4. The van der Waals surface area contributed by atoms with Gasteiger partial charge in [0, 0.05) is 23.7 Å². The lowest BCUT2D eigenvalue weighted by Crippen LogP contribution is -2.54. The van der Waals surface area contributed by atoms with Gasteiger partial charge in [-0.1, -0.05) is 73.5 Å². The van der Waals surface area contributed by atoms with Gasteiger partial charge in [0.05, 0.1) is 0 Å². The van der Waals surface area contributed by atoms with Gasteiger partial charge in [0.1, 0.15) is 23.4 Å². The van der Waals surface area contributed by atoms with E-state index < -0.39 is 35.6 Å². The number of carbonyl (C=O) groups excluding carboxylic acids is 3. The summed E-state index contributed by atoms with van der Waals surface area (Å²) in [5.74, 6) is 2.01. The molecule has 5 rings (SSSR count). The molecule has 1 saturated carbocycles. The Kier molecular flexibility index (Phi) is 9.33. The molecule has 8 nitrogen and oxygen atoms in total. The van der Waals surface area contributed by atoms with Crippen molar-refractivity contribution < 1.29 is 24.2 Å². The highest BCUT2D eigenvalue weighted by molar-refractivity contribution is 6.01. The lowest BCUT2D eigenvalue weighted by Gasteiger charge is -2.35. The van der Waals surface area contributed by atoms with Crippen molar-refractivity contribution in [2.24, 2.45) is 5.92 Å². The summed E-state index contributed by atoms with van der Waals surface area (Å²) >= 11 is 0. The van der Waals surface area contributed by atoms with Crippen LogP contribution in [0.3, 0.4) is 0 Å². The maximum atomic E-state index is 14.8. The maximum Gasteiger partial charge on any atom is 0.408 e. The molecule has 1 aliphatic carbocycles. The van der Waals surface area contributed by atoms with Crippen molar-refractivity contribution in [2.45, 2.75) is 64.3 Å². The zero-order chi connectivity index (χ0) is 33.0. The Balaban J connectivity index is 1.56. The van der Waals surface area contributed by atoms with Crippen molar-refractivity contribution in [3.63, 3.8) is 0 Å². The monoisotopic (exact) mass is 617 g/mol. The molecule has 0 aliphatic heterocycles. The van der Waals surface area contributed by atoms with Gasteiger partial charge in [0.25, 0.3) is 5.91 Å². The van der Waals surface area contributed by atoms with Gasteiger partial charge in [0.2, 0.25) is 5.91 Å². The molecule has 4 aromatic rings. The van der Waals surface area contributed by atoms with Crippen LogP contribution >= 0.6 is 0 Å². The van der Waals surface area contributed by atoms with E-state index in [9.17, 15) is 19.5 Å². The van der Waals surface area contributed by atoms with Crippen LogP contribution in [0.5, 0.6) is 5.75 Å². The van der Waals surface area contributed by atoms with Gasteiger partial charge in [-0.05, 0) is 85.3 Å². The zero-order valence-corrected chi connectivity index (χ0v) is 26.5. The van der Waals surface area contributed by atoms with E-state index in [-0.39, 0.29) is 24.1 Å². The first-order chi connectivity index (χ1) is 21.9. The highest BCUT2D eigenvalue weighted by Gasteiger charge is 2.48. The van der Waals surface area contributed by atoms with E-state index in [2.05, 4.69) is 16.6 Å². The molecule has 0 spiro atoms. The molecule has 0 saturated heterocycles. The Morgan fingerprint density at radius 1 is 0.978 bits per heavy atom. The number of phenols is 1. The van der Waals surface area contributed by atoms with Gasteiger partial charge in [-0.3, -0.25) is 9.59 Å². The molecule has 0 aromatic heterocycles. The number of amides is 3. The predicted molar refractivity (Wildman–Crippen MR) is 179 cm³/mol. The Labute approximate surface area is 269 Å². The van der Waals surface area contributed by atoms with Crippen molar-refractivity contribution >= 4 is 34.4 Å². The van der Waals surface area contributed by atoms with E-state index in [1.807, 2.05) is 49.4 Å². The second kappa shape index (κ2) is 13.4. The molecule has 4 unspecified atom stereocenters. The van der Waals surface area contributed by atoms with E-state index in [1.165, 1.54) is 12.1 Å². The fraction of sp³-hybridized carbons (Fsp3) is 0.289. The fourth-order valence-electron chi connectivity index (χ4n) is 5.63. The summed E-state index contributed by atoms with van der Waals surface area (Å²) < 4.78 is 5.53. The number of nitrogens with one attached hydrogen (secondary N) is 2. The van der Waals surface area contributed by atoms with Crippen molar-refractivity contribution in [3.05, 3.63) is 108 Å². The Hall–Kier alpha value is -5.29. The van der Waals surface area contributed by atoms with Crippen LogP contribution in [-0.4, -0.2) is 45.6 Å². The van der Waals surface area contributed by atoms with Crippen molar-refractivity contribution in [1.29, 1.82) is 0 Å². The summed E-state index contributed by atoms with van der Waals surface area (Å²) in [6.07, 6.45) is 5.95. The topological polar surface area (TPSA) is 108 Å². The minimum atomic E-state index is -1.09. The molecule has 8 heteroatoms. The molecule has 3 amide bonds. The minimum absolute atomic E-state index is 0.0801. The van der Waals surface area contributed by atoms with Crippen LogP contribution in [0.4, 0.5) is 10.5 Å². The Morgan fingerprint density at radius 3 is 2.28 bits per heavy atom. The van der Waals surface area contributed by atoms with E-state index in [0.29, 0.717) is 28.8 Å². The van der Waals surface area contributed by atoms with Crippen molar-refractivity contribution in [2.75, 3.05) is 5.32 Å². The molecule has 1 fully saturated rings. The molecule has 0 radical (unpaired) electrons. The molecule has 4 aromatic carbocycles. The second-order valence-electron chi connectivity index (χ2n) is 12.8. The highest BCUT2D eigenvalue weighted by atomic mass is 16.6. The largest absolute Gasteiger partial charge is 0.508 e. The minimum Gasteiger partial charge on any atom is -0.508 e. The Morgan fingerprint density at radius 2 is 1.63 bits per heavy atom. The summed E-state index contributed by atoms with van der Waals surface area (Å²) in [6.45, 7) is 7.25. The second-order valence-corrected chi connectivity index (χ2v) is 12.8. The predicted octanol–water partition coefficient (Wildman–Crippen LogP) is 6.58. The number of hydrogen-bond donors (Lipinski definition) is 3. The van der Waals surface area contributed by atoms with Gasteiger partial charge in [-0.25, -0.2) is 4.79 Å². The average molecular weight is 618 g/mol. The van der Waals surface area contributed by atoms with Crippen LogP contribution in [-0.2, 0) is 20.7 Å². The zero-order valence-electron chi connectivity index (χ0n) is 26.5. The summed E-state index contributed by atoms with van der Waals surface area (Å²) in [4.78, 5) is 43.8. The van der Waals surface area contributed by atoms with E-state index >= 15 is 0 Å². The average Bonchev–Trinajstić information content (AvgIpc) is 3.74. The van der Waals surface area contributed by atoms with E-state index in [1.54, 1.807) is 62.1 Å². The molecule has 3 N–H and O–H groups in total. The van der Waals surface area contributed by atoms with Gasteiger partial charge >= 0.3 is 6.09 Å². The van der Waals surface area contributed by atoms with Crippen molar-refractivity contribution in [3.8, 4) is 18.1 Å². The summed E-state index contributed by atoms with van der Waals surface area (Å²) in [5, 5.41) is 17.6. The smallest absolute Gasteiger partial charge is 0.408 e. The first-order valence-electron chi connectivity index (χ1n) is 15.4.